The topological polar surface area (TPSA) is 15.3 Å². The predicted molar refractivity (Wildman–Crippen MR) is 86.9 cm³/mol. The first kappa shape index (κ1) is 15.5. The summed E-state index contributed by atoms with van der Waals surface area (Å²) in [6, 6.07) is 15.4. The Labute approximate surface area is 126 Å². The second-order valence-electron chi connectivity index (χ2n) is 5.07. The number of hydrogen-bond acceptors (Lipinski definition) is 2. The lowest BCUT2D eigenvalue weighted by atomic mass is 10.1. The van der Waals surface area contributed by atoms with Crippen LogP contribution in [0.15, 0.2) is 48.5 Å². The molecule has 0 saturated carbocycles. The molecule has 0 aliphatic rings. The van der Waals surface area contributed by atoms with Gasteiger partial charge in [0.1, 0.15) is 5.82 Å². The second kappa shape index (κ2) is 7.79. The fraction of sp³-hybridized carbons (Fsp3) is 0.333. The monoisotopic (exact) mass is 286 g/mol. The number of hydrogen-bond donors (Lipinski definition) is 1. The highest BCUT2D eigenvalue weighted by molar-refractivity contribution is 5.48. The van der Waals surface area contributed by atoms with Gasteiger partial charge in [0.2, 0.25) is 0 Å². The molecule has 0 heterocycles. The van der Waals surface area contributed by atoms with Crippen LogP contribution in [0.1, 0.15) is 25.0 Å². The van der Waals surface area contributed by atoms with E-state index in [1.165, 1.54) is 17.2 Å². The van der Waals surface area contributed by atoms with E-state index < -0.39 is 0 Å². The summed E-state index contributed by atoms with van der Waals surface area (Å²) in [6.45, 7) is 7.47. The van der Waals surface area contributed by atoms with Crippen LogP contribution in [0.25, 0.3) is 0 Å². The third-order valence-electron chi connectivity index (χ3n) is 3.52. The van der Waals surface area contributed by atoms with Crippen LogP contribution in [0.3, 0.4) is 0 Å². The minimum Gasteiger partial charge on any atom is -0.365 e. The predicted octanol–water partition coefficient (Wildman–Crippen LogP) is 3.96. The van der Waals surface area contributed by atoms with Gasteiger partial charge in [0.15, 0.2) is 0 Å². The molecule has 3 heteroatoms. The summed E-state index contributed by atoms with van der Waals surface area (Å²) < 4.78 is 13.9. The normalized spacial score (nSPS) is 10.6. The molecule has 0 radical (unpaired) electrons. The van der Waals surface area contributed by atoms with Crippen LogP contribution in [0, 0.1) is 5.82 Å². The molecule has 0 aliphatic carbocycles. The lowest BCUT2D eigenvalue weighted by Gasteiger charge is -2.24. The molecule has 112 valence electrons. The molecule has 2 rings (SSSR count). The molecule has 1 N–H and O–H groups in total. The lowest BCUT2D eigenvalue weighted by Crippen LogP contribution is -2.23. The van der Waals surface area contributed by atoms with Gasteiger partial charge >= 0.3 is 0 Å². The molecule has 0 fully saturated rings. The molecule has 2 nitrogen and oxygen atoms in total. The number of nitrogens with one attached hydrogen (secondary N) is 1. The fourth-order valence-corrected chi connectivity index (χ4v) is 2.40. The van der Waals surface area contributed by atoms with E-state index in [1.54, 1.807) is 6.07 Å². The minimum atomic E-state index is -0.164. The maximum absolute atomic E-state index is 13.9. The highest BCUT2D eigenvalue weighted by atomic mass is 19.1. The average Bonchev–Trinajstić information content (AvgIpc) is 2.52. The first-order valence-corrected chi connectivity index (χ1v) is 7.52. The highest BCUT2D eigenvalue weighted by Crippen LogP contribution is 2.21. The summed E-state index contributed by atoms with van der Waals surface area (Å²) in [6.07, 6.45) is 0. The Balaban J connectivity index is 2.13. The van der Waals surface area contributed by atoms with Crippen molar-refractivity contribution in [2.45, 2.75) is 26.9 Å². The van der Waals surface area contributed by atoms with Gasteiger partial charge < -0.3 is 10.2 Å². The maximum Gasteiger partial charge on any atom is 0.146 e. The van der Waals surface area contributed by atoms with Gasteiger partial charge in [-0.15, -0.1) is 0 Å². The molecule has 0 saturated heterocycles. The van der Waals surface area contributed by atoms with Crippen LogP contribution in [-0.4, -0.2) is 13.1 Å². The first-order valence-electron chi connectivity index (χ1n) is 7.52. The van der Waals surface area contributed by atoms with Crippen LogP contribution in [0.5, 0.6) is 0 Å². The molecule has 21 heavy (non-hydrogen) atoms. The van der Waals surface area contributed by atoms with Crippen molar-refractivity contribution in [1.82, 2.24) is 5.32 Å². The molecule has 0 spiro atoms. The molecular weight excluding hydrogens is 263 g/mol. The van der Waals surface area contributed by atoms with Crippen molar-refractivity contribution < 1.29 is 4.39 Å². The van der Waals surface area contributed by atoms with E-state index in [1.807, 2.05) is 12.1 Å². The summed E-state index contributed by atoms with van der Waals surface area (Å²) in [5.74, 6) is -0.164. The molecule has 2 aromatic carbocycles. The van der Waals surface area contributed by atoms with Gasteiger partial charge in [-0.2, -0.15) is 0 Å². The molecular formula is C18H23FN2. The Morgan fingerprint density at radius 3 is 2.48 bits per heavy atom. The summed E-state index contributed by atoms with van der Waals surface area (Å²) in [5, 5.41) is 3.33. The largest absolute Gasteiger partial charge is 0.365 e. The van der Waals surface area contributed by atoms with Gasteiger partial charge in [-0.25, -0.2) is 4.39 Å². The molecule has 0 atom stereocenters. The number of anilines is 1. The van der Waals surface area contributed by atoms with Crippen molar-refractivity contribution in [3.05, 3.63) is 65.5 Å². The van der Waals surface area contributed by atoms with E-state index in [-0.39, 0.29) is 5.82 Å². The van der Waals surface area contributed by atoms with E-state index in [0.29, 0.717) is 5.69 Å². The van der Waals surface area contributed by atoms with Gasteiger partial charge in [-0.3, -0.25) is 0 Å². The van der Waals surface area contributed by atoms with Crippen molar-refractivity contribution in [2.24, 2.45) is 0 Å². The molecule has 0 bridgehead atoms. The van der Waals surface area contributed by atoms with Gasteiger partial charge in [0, 0.05) is 19.6 Å². The maximum atomic E-state index is 13.9. The number of halogens is 1. The van der Waals surface area contributed by atoms with Crippen molar-refractivity contribution in [1.29, 1.82) is 0 Å². The van der Waals surface area contributed by atoms with Gasteiger partial charge in [-0.1, -0.05) is 43.3 Å². The summed E-state index contributed by atoms with van der Waals surface area (Å²) in [7, 11) is 0. The number of nitrogens with zero attached hydrogens (tertiary/aromatic N) is 1. The van der Waals surface area contributed by atoms with Gasteiger partial charge in [-0.05, 0) is 36.7 Å². The van der Waals surface area contributed by atoms with Crippen molar-refractivity contribution in [2.75, 3.05) is 18.0 Å². The number of para-hydroxylation sites is 1. The summed E-state index contributed by atoms with van der Waals surface area (Å²) >= 11 is 0. The van der Waals surface area contributed by atoms with Crippen molar-refractivity contribution >= 4 is 5.69 Å². The Bertz CT molecular complexity index is 569. The van der Waals surface area contributed by atoms with Gasteiger partial charge in [0.05, 0.1) is 5.69 Å². The standard InChI is InChI=1S/C18H23FN2/c1-3-20-13-15-8-7-9-16(12-15)14-21(4-2)18-11-6-5-10-17(18)19/h5-12,20H,3-4,13-14H2,1-2H3. The molecule has 0 aliphatic heterocycles. The Hall–Kier alpha value is -1.87. The van der Waals surface area contributed by atoms with E-state index in [9.17, 15) is 4.39 Å². The second-order valence-corrected chi connectivity index (χ2v) is 5.07. The third-order valence-corrected chi connectivity index (χ3v) is 3.52. The summed E-state index contributed by atoms with van der Waals surface area (Å²) in [4.78, 5) is 2.06. The average molecular weight is 286 g/mol. The van der Waals surface area contributed by atoms with Crippen LogP contribution in [-0.2, 0) is 13.1 Å². The molecule has 0 aromatic heterocycles. The summed E-state index contributed by atoms with van der Waals surface area (Å²) in [5.41, 5.74) is 3.13. The fourth-order valence-electron chi connectivity index (χ4n) is 2.40. The highest BCUT2D eigenvalue weighted by Gasteiger charge is 2.10. The van der Waals surface area contributed by atoms with E-state index in [2.05, 4.69) is 48.3 Å². The third kappa shape index (κ3) is 4.30. The Kier molecular flexibility index (Phi) is 5.76. The van der Waals surface area contributed by atoms with Crippen molar-refractivity contribution in [3.63, 3.8) is 0 Å². The van der Waals surface area contributed by atoms with Crippen molar-refractivity contribution in [3.8, 4) is 0 Å². The van der Waals surface area contributed by atoms with Crippen LogP contribution < -0.4 is 10.2 Å². The first-order chi connectivity index (χ1) is 10.2. The smallest absolute Gasteiger partial charge is 0.146 e. The van der Waals surface area contributed by atoms with Crippen LogP contribution >= 0.6 is 0 Å². The Morgan fingerprint density at radius 2 is 1.76 bits per heavy atom. The zero-order valence-electron chi connectivity index (χ0n) is 12.8. The zero-order chi connectivity index (χ0) is 15.1. The molecule has 0 amide bonds. The Morgan fingerprint density at radius 1 is 1.00 bits per heavy atom. The van der Waals surface area contributed by atoms with E-state index >= 15 is 0 Å². The zero-order valence-corrected chi connectivity index (χ0v) is 12.8. The van der Waals surface area contributed by atoms with E-state index in [0.717, 1.165) is 26.2 Å². The minimum absolute atomic E-state index is 0.164. The number of rotatable bonds is 7. The van der Waals surface area contributed by atoms with E-state index in [4.69, 9.17) is 0 Å². The molecule has 2 aromatic rings. The lowest BCUT2D eigenvalue weighted by molar-refractivity contribution is 0.618. The SMILES string of the molecule is CCNCc1cccc(CN(CC)c2ccccc2F)c1. The van der Waals surface area contributed by atoms with Crippen LogP contribution in [0.4, 0.5) is 10.1 Å². The van der Waals surface area contributed by atoms with Gasteiger partial charge in [0.25, 0.3) is 0 Å². The quantitative estimate of drug-likeness (QED) is 0.828. The number of benzene rings is 2. The van der Waals surface area contributed by atoms with Crippen LogP contribution in [0.2, 0.25) is 0 Å². The molecule has 0 unspecified atom stereocenters.